The maximum absolute atomic E-state index is 11.3. The molecule has 2 N–H and O–H groups in total. The van der Waals surface area contributed by atoms with E-state index in [2.05, 4.69) is 4.98 Å². The molecule has 0 fully saturated rings. The predicted octanol–water partition coefficient (Wildman–Crippen LogP) is 1.17. The Bertz CT molecular complexity index is 326. The topological polar surface area (TPSA) is 59.2 Å². The molecule has 0 saturated carbocycles. The maximum atomic E-state index is 11.3. The van der Waals surface area contributed by atoms with Gasteiger partial charge in [-0.1, -0.05) is 19.9 Å². The van der Waals surface area contributed by atoms with E-state index < -0.39 is 0 Å². The van der Waals surface area contributed by atoms with E-state index in [1.165, 1.54) is 0 Å². The molecule has 88 valence electrons. The quantitative estimate of drug-likeness (QED) is 0.784. The summed E-state index contributed by atoms with van der Waals surface area (Å²) in [6.07, 6.45) is 2.49. The van der Waals surface area contributed by atoms with Crippen molar-refractivity contribution < 1.29 is 4.79 Å². The first-order valence-electron chi connectivity index (χ1n) is 5.62. The third kappa shape index (κ3) is 3.31. The number of hydrogen-bond acceptors (Lipinski definition) is 3. The zero-order chi connectivity index (χ0) is 12.0. The number of likely N-dealkylation sites (N-methyl/N-ethyl adjacent to an activating group) is 1. The van der Waals surface area contributed by atoms with Crippen molar-refractivity contribution in [3.05, 3.63) is 30.1 Å². The van der Waals surface area contributed by atoms with Crippen LogP contribution in [-0.4, -0.2) is 28.4 Å². The Balaban J connectivity index is 2.71. The lowest BCUT2D eigenvalue weighted by Gasteiger charge is -2.26. The van der Waals surface area contributed by atoms with Crippen LogP contribution in [0, 0.1) is 0 Å². The monoisotopic (exact) mass is 221 g/mol. The molecule has 0 bridgehead atoms. The summed E-state index contributed by atoms with van der Waals surface area (Å²) in [5, 5.41) is 0. The lowest BCUT2D eigenvalue weighted by atomic mass is 10.1. The first-order chi connectivity index (χ1) is 7.69. The lowest BCUT2D eigenvalue weighted by Crippen LogP contribution is -2.43. The summed E-state index contributed by atoms with van der Waals surface area (Å²) in [5.74, 6) is -0.264. The van der Waals surface area contributed by atoms with Crippen molar-refractivity contribution in [2.24, 2.45) is 5.73 Å². The zero-order valence-corrected chi connectivity index (χ0v) is 9.89. The number of nitrogens with two attached hydrogens (primary N) is 1. The number of amides is 1. The number of carbonyl (C=O) groups excluding carboxylic acids is 1. The molecule has 0 saturated heterocycles. The van der Waals surface area contributed by atoms with E-state index in [4.69, 9.17) is 5.73 Å². The molecule has 0 aliphatic rings. The lowest BCUT2D eigenvalue weighted by molar-refractivity contribution is -0.123. The molecule has 0 aliphatic heterocycles. The molecule has 1 aromatic rings. The van der Waals surface area contributed by atoms with E-state index in [0.29, 0.717) is 6.54 Å². The second kappa shape index (κ2) is 6.23. The molecule has 0 aromatic carbocycles. The Morgan fingerprint density at radius 2 is 2.25 bits per heavy atom. The second-order valence-corrected chi connectivity index (χ2v) is 3.71. The molecule has 1 unspecified atom stereocenters. The fraction of sp³-hybridized carbons (Fsp3) is 0.500. The number of hydrogen-bond donors (Lipinski definition) is 1. The van der Waals surface area contributed by atoms with Crippen molar-refractivity contribution in [1.29, 1.82) is 0 Å². The summed E-state index contributed by atoms with van der Waals surface area (Å²) in [6.45, 7) is 5.45. The fourth-order valence-corrected chi connectivity index (χ4v) is 1.78. The van der Waals surface area contributed by atoms with Gasteiger partial charge in [-0.25, -0.2) is 0 Å². The number of carbonyl (C=O) groups is 1. The van der Waals surface area contributed by atoms with Gasteiger partial charge in [0.05, 0.1) is 11.7 Å². The highest BCUT2D eigenvalue weighted by Gasteiger charge is 2.20. The first kappa shape index (κ1) is 12.6. The second-order valence-electron chi connectivity index (χ2n) is 3.71. The van der Waals surface area contributed by atoms with Gasteiger partial charge in [-0.15, -0.1) is 0 Å². The number of primary amides is 1. The van der Waals surface area contributed by atoms with Gasteiger partial charge in [0.25, 0.3) is 0 Å². The summed E-state index contributed by atoms with van der Waals surface area (Å²) in [5.41, 5.74) is 6.34. The average molecular weight is 221 g/mol. The first-order valence-corrected chi connectivity index (χ1v) is 5.62. The van der Waals surface area contributed by atoms with Crippen LogP contribution in [0.5, 0.6) is 0 Å². The molecular formula is C12H19N3O. The van der Waals surface area contributed by atoms with Crippen LogP contribution in [0.4, 0.5) is 0 Å². The van der Waals surface area contributed by atoms with Crippen molar-refractivity contribution in [2.45, 2.75) is 32.9 Å². The van der Waals surface area contributed by atoms with E-state index in [1.54, 1.807) is 6.20 Å². The van der Waals surface area contributed by atoms with Gasteiger partial charge in [-0.05, 0) is 25.1 Å². The summed E-state index contributed by atoms with van der Waals surface area (Å²) >= 11 is 0. The third-order valence-electron chi connectivity index (χ3n) is 2.65. The molecule has 4 nitrogen and oxygen atoms in total. The average Bonchev–Trinajstić information content (AvgIpc) is 2.29. The van der Waals surface area contributed by atoms with Gasteiger partial charge in [-0.3, -0.25) is 14.7 Å². The molecule has 0 spiro atoms. The molecular weight excluding hydrogens is 202 g/mol. The summed E-state index contributed by atoms with van der Waals surface area (Å²) in [7, 11) is 0. The smallest absolute Gasteiger partial charge is 0.234 e. The Hall–Kier alpha value is -1.42. The highest BCUT2D eigenvalue weighted by molar-refractivity contribution is 5.79. The molecule has 1 amide bonds. The van der Waals surface area contributed by atoms with Crippen LogP contribution in [0.25, 0.3) is 0 Å². The molecule has 0 radical (unpaired) electrons. The van der Waals surface area contributed by atoms with Crippen LogP contribution in [0.2, 0.25) is 0 Å². The minimum atomic E-state index is -0.264. The highest BCUT2D eigenvalue weighted by atomic mass is 16.1. The molecule has 1 rings (SSSR count). The highest BCUT2D eigenvalue weighted by Crippen LogP contribution is 2.08. The van der Waals surface area contributed by atoms with E-state index in [0.717, 1.165) is 18.7 Å². The van der Waals surface area contributed by atoms with Crippen LogP contribution < -0.4 is 5.73 Å². The maximum Gasteiger partial charge on any atom is 0.234 e. The Labute approximate surface area is 96.5 Å². The molecule has 16 heavy (non-hydrogen) atoms. The van der Waals surface area contributed by atoms with Crippen LogP contribution in [0.1, 0.15) is 26.0 Å². The zero-order valence-electron chi connectivity index (χ0n) is 9.89. The number of nitrogens with zero attached hydrogens (tertiary/aromatic N) is 2. The summed E-state index contributed by atoms with van der Waals surface area (Å²) in [4.78, 5) is 17.6. The van der Waals surface area contributed by atoms with Crippen molar-refractivity contribution in [3.63, 3.8) is 0 Å². The normalized spacial score (nSPS) is 12.7. The van der Waals surface area contributed by atoms with Gasteiger partial charge in [-0.2, -0.15) is 0 Å². The van der Waals surface area contributed by atoms with Crippen molar-refractivity contribution in [3.8, 4) is 0 Å². The molecule has 1 atom stereocenters. The van der Waals surface area contributed by atoms with Gasteiger partial charge in [0.1, 0.15) is 0 Å². The van der Waals surface area contributed by atoms with Crippen molar-refractivity contribution in [1.82, 2.24) is 9.88 Å². The summed E-state index contributed by atoms with van der Waals surface area (Å²) < 4.78 is 0. The van der Waals surface area contributed by atoms with Crippen molar-refractivity contribution >= 4 is 5.91 Å². The van der Waals surface area contributed by atoms with Gasteiger partial charge in [0.15, 0.2) is 0 Å². The fourth-order valence-electron chi connectivity index (χ4n) is 1.78. The number of aromatic nitrogens is 1. The van der Waals surface area contributed by atoms with Crippen LogP contribution in [0.15, 0.2) is 24.4 Å². The van der Waals surface area contributed by atoms with Crippen LogP contribution in [0.3, 0.4) is 0 Å². The van der Waals surface area contributed by atoms with E-state index in [-0.39, 0.29) is 11.9 Å². The Kier molecular flexibility index (Phi) is 4.92. The molecule has 0 aliphatic carbocycles. The van der Waals surface area contributed by atoms with Crippen LogP contribution in [-0.2, 0) is 11.3 Å². The minimum absolute atomic E-state index is 0.202. The third-order valence-corrected chi connectivity index (χ3v) is 2.65. The van der Waals surface area contributed by atoms with Gasteiger partial charge >= 0.3 is 0 Å². The molecule has 1 heterocycles. The van der Waals surface area contributed by atoms with Gasteiger partial charge < -0.3 is 5.73 Å². The number of pyridine rings is 1. The number of rotatable bonds is 6. The van der Waals surface area contributed by atoms with E-state index in [1.807, 2.05) is 36.9 Å². The summed E-state index contributed by atoms with van der Waals surface area (Å²) in [6, 6.07) is 5.58. The Morgan fingerprint density at radius 1 is 1.50 bits per heavy atom. The SMILES string of the molecule is CCC(C(N)=O)N(CC)Cc1ccccn1. The predicted molar refractivity (Wildman–Crippen MR) is 63.6 cm³/mol. The van der Waals surface area contributed by atoms with Gasteiger partial charge in [0, 0.05) is 12.7 Å². The Morgan fingerprint density at radius 3 is 2.69 bits per heavy atom. The molecule has 1 aromatic heterocycles. The van der Waals surface area contributed by atoms with Crippen molar-refractivity contribution in [2.75, 3.05) is 6.54 Å². The van der Waals surface area contributed by atoms with Gasteiger partial charge in [0.2, 0.25) is 5.91 Å². The molecule has 4 heteroatoms. The minimum Gasteiger partial charge on any atom is -0.368 e. The largest absolute Gasteiger partial charge is 0.368 e. The standard InChI is InChI=1S/C12H19N3O/c1-3-11(12(13)16)15(4-2)9-10-7-5-6-8-14-10/h5-8,11H,3-4,9H2,1-2H3,(H2,13,16). The van der Waals surface area contributed by atoms with Crippen LogP contribution >= 0.6 is 0 Å². The van der Waals surface area contributed by atoms with E-state index in [9.17, 15) is 4.79 Å². The van der Waals surface area contributed by atoms with E-state index >= 15 is 0 Å².